The Morgan fingerprint density at radius 3 is 2.50 bits per heavy atom. The largest absolute Gasteiger partial charge is 0.478 e. The van der Waals surface area contributed by atoms with Gasteiger partial charge in [0.15, 0.2) is 0 Å². The summed E-state index contributed by atoms with van der Waals surface area (Å²) in [6, 6.07) is 9.72. The number of non-ortho nitro benzene ring substituents is 1. The molecule has 0 amide bonds. The van der Waals surface area contributed by atoms with Gasteiger partial charge in [-0.1, -0.05) is 23.7 Å². The predicted molar refractivity (Wildman–Crippen MR) is 71.6 cm³/mol. The van der Waals surface area contributed by atoms with Gasteiger partial charge in [0.2, 0.25) is 0 Å². The standard InChI is InChI=1S/C13H8ClNO5/c14-10-7-8(15(18)19)5-6-12(10)20-11-4-2-1-3-9(11)13(16)17/h1-7H,(H,16,17). The minimum Gasteiger partial charge on any atom is -0.478 e. The number of carbonyl (C=O) groups is 1. The second-order valence-corrected chi connectivity index (χ2v) is 4.18. The average Bonchev–Trinajstić information content (AvgIpc) is 2.41. The van der Waals surface area contributed by atoms with Crippen molar-refractivity contribution in [3.63, 3.8) is 0 Å². The van der Waals surface area contributed by atoms with Crippen LogP contribution in [0.5, 0.6) is 11.5 Å². The number of nitro benzene ring substituents is 1. The van der Waals surface area contributed by atoms with E-state index in [0.717, 1.165) is 6.07 Å². The van der Waals surface area contributed by atoms with E-state index in [1.54, 1.807) is 12.1 Å². The molecule has 0 aliphatic heterocycles. The number of carboxylic acids is 1. The second-order valence-electron chi connectivity index (χ2n) is 3.78. The van der Waals surface area contributed by atoms with Crippen molar-refractivity contribution in [2.24, 2.45) is 0 Å². The van der Waals surface area contributed by atoms with Crippen LogP contribution in [0.3, 0.4) is 0 Å². The molecule has 1 N–H and O–H groups in total. The van der Waals surface area contributed by atoms with Crippen LogP contribution in [0, 0.1) is 10.1 Å². The molecule has 0 saturated heterocycles. The fourth-order valence-corrected chi connectivity index (χ4v) is 1.75. The van der Waals surface area contributed by atoms with Crippen LogP contribution in [0.4, 0.5) is 5.69 Å². The van der Waals surface area contributed by atoms with Gasteiger partial charge in [-0.3, -0.25) is 10.1 Å². The van der Waals surface area contributed by atoms with E-state index in [4.69, 9.17) is 21.4 Å². The number of benzene rings is 2. The maximum Gasteiger partial charge on any atom is 0.339 e. The van der Waals surface area contributed by atoms with Crippen LogP contribution < -0.4 is 4.74 Å². The van der Waals surface area contributed by atoms with Crippen LogP contribution >= 0.6 is 11.6 Å². The minimum absolute atomic E-state index is 0.0260. The SMILES string of the molecule is O=C(O)c1ccccc1Oc1ccc([N+](=O)[O-])cc1Cl. The maximum absolute atomic E-state index is 11.0. The molecule has 0 bridgehead atoms. The summed E-state index contributed by atoms with van der Waals surface area (Å²) >= 11 is 5.88. The number of nitro groups is 1. The molecule has 0 radical (unpaired) electrons. The molecule has 0 heterocycles. The molecule has 2 aromatic rings. The van der Waals surface area contributed by atoms with Crippen LogP contribution in [0.15, 0.2) is 42.5 Å². The number of ether oxygens (including phenoxy) is 1. The zero-order valence-electron chi connectivity index (χ0n) is 9.95. The molecule has 7 heteroatoms. The van der Waals surface area contributed by atoms with Gasteiger partial charge in [-0.05, 0) is 18.2 Å². The van der Waals surface area contributed by atoms with Gasteiger partial charge in [0, 0.05) is 12.1 Å². The van der Waals surface area contributed by atoms with Gasteiger partial charge < -0.3 is 9.84 Å². The quantitative estimate of drug-likeness (QED) is 0.685. The molecule has 20 heavy (non-hydrogen) atoms. The van der Waals surface area contributed by atoms with Crippen LogP contribution in [0.2, 0.25) is 5.02 Å². The Morgan fingerprint density at radius 1 is 1.20 bits per heavy atom. The zero-order valence-corrected chi connectivity index (χ0v) is 10.7. The first-order chi connectivity index (χ1) is 9.49. The van der Waals surface area contributed by atoms with Gasteiger partial charge in [0.05, 0.1) is 9.95 Å². The number of carboxylic acid groups (broad SMARTS) is 1. The molecule has 6 nitrogen and oxygen atoms in total. The molecule has 0 unspecified atom stereocenters. The number of hydrogen-bond donors (Lipinski definition) is 1. The maximum atomic E-state index is 11.0. The van der Waals surface area contributed by atoms with E-state index in [0.29, 0.717) is 0 Å². The molecule has 0 saturated carbocycles. The lowest BCUT2D eigenvalue weighted by atomic mass is 10.2. The van der Waals surface area contributed by atoms with Crippen molar-refractivity contribution in [2.45, 2.75) is 0 Å². The van der Waals surface area contributed by atoms with E-state index < -0.39 is 10.9 Å². The number of hydrogen-bond acceptors (Lipinski definition) is 4. The Morgan fingerprint density at radius 2 is 1.90 bits per heavy atom. The van der Waals surface area contributed by atoms with Crippen molar-refractivity contribution in [1.82, 2.24) is 0 Å². The van der Waals surface area contributed by atoms with Crippen molar-refractivity contribution >= 4 is 23.3 Å². The number of nitrogens with zero attached hydrogens (tertiary/aromatic N) is 1. The number of rotatable bonds is 4. The van der Waals surface area contributed by atoms with Crippen molar-refractivity contribution in [3.05, 3.63) is 63.2 Å². The van der Waals surface area contributed by atoms with E-state index in [-0.39, 0.29) is 27.8 Å². The zero-order chi connectivity index (χ0) is 14.7. The topological polar surface area (TPSA) is 89.7 Å². The number of halogens is 1. The smallest absolute Gasteiger partial charge is 0.339 e. The molecule has 2 rings (SSSR count). The van der Waals surface area contributed by atoms with Crippen LogP contribution in [0.1, 0.15) is 10.4 Å². The lowest BCUT2D eigenvalue weighted by Gasteiger charge is -2.09. The highest BCUT2D eigenvalue weighted by atomic mass is 35.5. The third-order valence-corrected chi connectivity index (χ3v) is 2.76. The number of para-hydroxylation sites is 1. The van der Waals surface area contributed by atoms with Gasteiger partial charge in [-0.25, -0.2) is 4.79 Å². The predicted octanol–water partition coefficient (Wildman–Crippen LogP) is 3.74. The fourth-order valence-electron chi connectivity index (χ4n) is 1.54. The Bertz CT molecular complexity index is 686. The monoisotopic (exact) mass is 293 g/mol. The van der Waals surface area contributed by atoms with Crippen LogP contribution in [-0.4, -0.2) is 16.0 Å². The van der Waals surface area contributed by atoms with Gasteiger partial charge in [0.1, 0.15) is 17.1 Å². The first kappa shape index (κ1) is 13.8. The lowest BCUT2D eigenvalue weighted by molar-refractivity contribution is -0.384. The molecule has 0 spiro atoms. The third kappa shape index (κ3) is 2.86. The molecule has 0 aromatic heterocycles. The summed E-state index contributed by atoms with van der Waals surface area (Å²) < 4.78 is 5.40. The average molecular weight is 294 g/mol. The first-order valence-electron chi connectivity index (χ1n) is 5.43. The fraction of sp³-hybridized carbons (Fsp3) is 0. The van der Waals surface area contributed by atoms with Crippen LogP contribution in [0.25, 0.3) is 0 Å². The van der Waals surface area contributed by atoms with E-state index in [1.165, 1.54) is 24.3 Å². The van der Waals surface area contributed by atoms with E-state index >= 15 is 0 Å². The Kier molecular flexibility index (Phi) is 3.86. The third-order valence-electron chi connectivity index (χ3n) is 2.46. The highest BCUT2D eigenvalue weighted by molar-refractivity contribution is 6.32. The van der Waals surface area contributed by atoms with Gasteiger partial charge >= 0.3 is 5.97 Å². The number of aromatic carboxylic acids is 1. The molecule has 0 aliphatic rings. The molecular formula is C13H8ClNO5. The van der Waals surface area contributed by atoms with Crippen LogP contribution in [-0.2, 0) is 0 Å². The molecular weight excluding hydrogens is 286 g/mol. The molecule has 0 fully saturated rings. The van der Waals surface area contributed by atoms with Crippen molar-refractivity contribution < 1.29 is 19.6 Å². The van der Waals surface area contributed by atoms with Gasteiger partial charge in [-0.2, -0.15) is 0 Å². The highest BCUT2D eigenvalue weighted by Gasteiger charge is 2.14. The minimum atomic E-state index is -1.14. The Hall–Kier alpha value is -2.60. The normalized spacial score (nSPS) is 10.1. The summed E-state index contributed by atoms with van der Waals surface area (Å²) in [6.07, 6.45) is 0. The summed E-state index contributed by atoms with van der Waals surface area (Å²) in [7, 11) is 0. The highest BCUT2D eigenvalue weighted by Crippen LogP contribution is 2.33. The molecule has 0 atom stereocenters. The Labute approximate surface area is 118 Å². The first-order valence-corrected chi connectivity index (χ1v) is 5.81. The molecule has 2 aromatic carbocycles. The Balaban J connectivity index is 2.36. The van der Waals surface area contributed by atoms with E-state index in [1.807, 2.05) is 0 Å². The summed E-state index contributed by atoms with van der Waals surface area (Å²) in [6.45, 7) is 0. The lowest BCUT2D eigenvalue weighted by Crippen LogP contribution is -1.99. The summed E-state index contributed by atoms with van der Waals surface area (Å²) in [5, 5.41) is 19.6. The summed E-state index contributed by atoms with van der Waals surface area (Å²) in [4.78, 5) is 21.1. The van der Waals surface area contributed by atoms with E-state index in [2.05, 4.69) is 0 Å². The van der Waals surface area contributed by atoms with E-state index in [9.17, 15) is 14.9 Å². The second kappa shape index (κ2) is 5.58. The van der Waals surface area contributed by atoms with Crippen molar-refractivity contribution in [2.75, 3.05) is 0 Å². The summed E-state index contributed by atoms with van der Waals surface area (Å²) in [5.74, 6) is -0.889. The molecule has 0 aliphatic carbocycles. The molecule has 102 valence electrons. The van der Waals surface area contributed by atoms with Crippen molar-refractivity contribution in [3.8, 4) is 11.5 Å². The van der Waals surface area contributed by atoms with Gasteiger partial charge in [0.25, 0.3) is 5.69 Å². The van der Waals surface area contributed by atoms with Gasteiger partial charge in [-0.15, -0.1) is 0 Å². The van der Waals surface area contributed by atoms with Crippen molar-refractivity contribution in [1.29, 1.82) is 0 Å². The summed E-state index contributed by atoms with van der Waals surface area (Å²) in [5.41, 5.74) is -0.198.